The lowest BCUT2D eigenvalue weighted by Gasteiger charge is -2.32. The number of hydrogen-bond acceptors (Lipinski definition) is 5. The van der Waals surface area contributed by atoms with E-state index in [1.165, 1.54) is 5.56 Å². The van der Waals surface area contributed by atoms with Crippen LogP contribution in [0.4, 0.5) is 5.82 Å². The number of pyridine rings is 1. The molecule has 7 heteroatoms. The first-order valence-electron chi connectivity index (χ1n) is 10.2. The van der Waals surface area contributed by atoms with Crippen molar-refractivity contribution >= 4 is 23.3 Å². The first-order chi connectivity index (χ1) is 14.2. The van der Waals surface area contributed by atoms with Crippen molar-refractivity contribution in [3.05, 3.63) is 58.7 Å². The van der Waals surface area contributed by atoms with Crippen molar-refractivity contribution in [3.63, 3.8) is 0 Å². The normalized spacial score (nSPS) is 22.3. The fourth-order valence-electron chi connectivity index (χ4n) is 3.93. The lowest BCUT2D eigenvalue weighted by molar-refractivity contribution is -0.0238. The van der Waals surface area contributed by atoms with Crippen LogP contribution in [0.3, 0.4) is 0 Å². The molecule has 0 bridgehead atoms. The first kappa shape index (κ1) is 20.1. The van der Waals surface area contributed by atoms with Gasteiger partial charge in [-0.15, -0.1) is 0 Å². The number of amides is 1. The summed E-state index contributed by atoms with van der Waals surface area (Å²) in [6, 6.07) is 12.0. The van der Waals surface area contributed by atoms with Crippen LogP contribution in [0.15, 0.2) is 42.6 Å². The molecule has 29 heavy (non-hydrogen) atoms. The Kier molecular flexibility index (Phi) is 6.64. The van der Waals surface area contributed by atoms with Crippen molar-refractivity contribution in [2.45, 2.75) is 18.9 Å². The lowest BCUT2D eigenvalue weighted by Crippen LogP contribution is -2.40. The molecule has 1 amide bonds. The van der Waals surface area contributed by atoms with Crippen molar-refractivity contribution in [1.82, 2.24) is 9.88 Å². The van der Waals surface area contributed by atoms with E-state index in [2.05, 4.69) is 22.4 Å². The Morgan fingerprint density at radius 3 is 2.76 bits per heavy atom. The molecule has 0 spiro atoms. The quantitative estimate of drug-likeness (QED) is 0.804. The molecule has 1 N–H and O–H groups in total. The molecule has 3 heterocycles. The minimum atomic E-state index is -0.0564. The average molecular weight is 416 g/mol. The number of aromatic nitrogens is 1. The maximum Gasteiger partial charge on any atom is 0.255 e. The van der Waals surface area contributed by atoms with Gasteiger partial charge < -0.3 is 19.7 Å². The second-order valence-corrected chi connectivity index (χ2v) is 7.85. The third-order valence-corrected chi connectivity index (χ3v) is 5.78. The van der Waals surface area contributed by atoms with Gasteiger partial charge in [-0.05, 0) is 24.5 Å². The molecule has 154 valence electrons. The van der Waals surface area contributed by atoms with Crippen molar-refractivity contribution in [1.29, 1.82) is 0 Å². The smallest absolute Gasteiger partial charge is 0.255 e. The van der Waals surface area contributed by atoms with Crippen LogP contribution in [0.1, 0.15) is 34.9 Å². The molecule has 2 unspecified atom stereocenters. The summed E-state index contributed by atoms with van der Waals surface area (Å²) in [5.74, 6) is 0.875. The summed E-state index contributed by atoms with van der Waals surface area (Å²) in [6.45, 7) is 3.83. The summed E-state index contributed by atoms with van der Waals surface area (Å²) in [6.07, 6.45) is 3.79. The van der Waals surface area contributed by atoms with Gasteiger partial charge in [-0.25, -0.2) is 4.98 Å². The summed E-state index contributed by atoms with van der Waals surface area (Å²) >= 11 is 6.43. The van der Waals surface area contributed by atoms with E-state index >= 15 is 0 Å². The van der Waals surface area contributed by atoms with Gasteiger partial charge in [-0.2, -0.15) is 0 Å². The molecule has 1 aromatic carbocycles. The van der Waals surface area contributed by atoms with Crippen molar-refractivity contribution in [3.8, 4) is 0 Å². The van der Waals surface area contributed by atoms with Gasteiger partial charge in [0.15, 0.2) is 0 Å². The lowest BCUT2D eigenvalue weighted by atomic mass is 9.89. The van der Waals surface area contributed by atoms with E-state index in [0.717, 1.165) is 19.4 Å². The fourth-order valence-corrected chi connectivity index (χ4v) is 4.16. The Hall–Kier alpha value is -2.15. The molecule has 2 aromatic rings. The molecular weight excluding hydrogens is 390 g/mol. The second-order valence-electron chi connectivity index (χ2n) is 7.44. The SMILES string of the molecule is O=C(c1cnc(NCC2CCCOC2c2ccccc2)c(Cl)c1)N1CCOCC1. The standard InChI is InChI=1S/C22H26ClN3O3/c23-19-13-18(22(27)26-8-11-28-12-9-26)15-25-21(19)24-14-17-7-4-10-29-20(17)16-5-2-1-3-6-16/h1-3,5-6,13,15,17,20H,4,7-12,14H2,(H,24,25). The van der Waals surface area contributed by atoms with Crippen LogP contribution >= 0.6 is 11.6 Å². The number of ether oxygens (including phenoxy) is 2. The molecule has 2 saturated heterocycles. The minimum absolute atomic E-state index is 0.0564. The molecular formula is C22H26ClN3O3. The topological polar surface area (TPSA) is 63.7 Å². The zero-order valence-corrected chi connectivity index (χ0v) is 17.1. The monoisotopic (exact) mass is 415 g/mol. The predicted molar refractivity (Wildman–Crippen MR) is 112 cm³/mol. The number of carbonyl (C=O) groups excluding carboxylic acids is 1. The third-order valence-electron chi connectivity index (χ3n) is 5.49. The Morgan fingerprint density at radius 1 is 1.21 bits per heavy atom. The van der Waals surface area contributed by atoms with E-state index in [1.54, 1.807) is 17.2 Å². The molecule has 2 aliphatic heterocycles. The summed E-state index contributed by atoms with van der Waals surface area (Å²) in [5, 5.41) is 3.82. The van der Waals surface area contributed by atoms with Crippen LogP contribution in [0, 0.1) is 5.92 Å². The number of benzene rings is 1. The molecule has 0 radical (unpaired) electrons. The Labute approximate surface area is 176 Å². The van der Waals surface area contributed by atoms with Crippen molar-refractivity contribution in [2.24, 2.45) is 5.92 Å². The van der Waals surface area contributed by atoms with E-state index in [9.17, 15) is 4.79 Å². The Balaban J connectivity index is 1.40. The highest BCUT2D eigenvalue weighted by Crippen LogP contribution is 2.34. The molecule has 0 aliphatic carbocycles. The number of halogens is 1. The average Bonchev–Trinajstić information content (AvgIpc) is 2.79. The third kappa shape index (κ3) is 4.89. The highest BCUT2D eigenvalue weighted by atomic mass is 35.5. The number of morpholine rings is 1. The Morgan fingerprint density at radius 2 is 2.00 bits per heavy atom. The summed E-state index contributed by atoms with van der Waals surface area (Å²) in [5.41, 5.74) is 1.70. The molecule has 6 nitrogen and oxygen atoms in total. The first-order valence-corrected chi connectivity index (χ1v) is 10.5. The highest BCUT2D eigenvalue weighted by Gasteiger charge is 2.27. The van der Waals surface area contributed by atoms with Gasteiger partial charge in [0.1, 0.15) is 5.82 Å². The summed E-state index contributed by atoms with van der Waals surface area (Å²) in [7, 11) is 0. The van der Waals surface area contributed by atoms with Gasteiger partial charge >= 0.3 is 0 Å². The maximum absolute atomic E-state index is 12.6. The van der Waals surface area contributed by atoms with E-state index in [1.807, 2.05) is 18.2 Å². The van der Waals surface area contributed by atoms with Crippen molar-refractivity contribution in [2.75, 3.05) is 44.8 Å². The van der Waals surface area contributed by atoms with E-state index < -0.39 is 0 Å². The minimum Gasteiger partial charge on any atom is -0.378 e. The van der Waals surface area contributed by atoms with E-state index in [4.69, 9.17) is 21.1 Å². The highest BCUT2D eigenvalue weighted by molar-refractivity contribution is 6.33. The molecule has 2 aliphatic rings. The molecule has 2 fully saturated rings. The number of hydrogen-bond donors (Lipinski definition) is 1. The van der Waals surface area contributed by atoms with Crippen LogP contribution in [-0.2, 0) is 9.47 Å². The number of nitrogens with zero attached hydrogens (tertiary/aromatic N) is 2. The number of anilines is 1. The van der Waals surface area contributed by atoms with Gasteiger partial charge in [-0.1, -0.05) is 41.9 Å². The Bertz CT molecular complexity index is 827. The van der Waals surface area contributed by atoms with Crippen LogP contribution in [-0.4, -0.2) is 55.2 Å². The predicted octanol–water partition coefficient (Wildman–Crippen LogP) is 3.79. The fraction of sp³-hybridized carbons (Fsp3) is 0.455. The maximum atomic E-state index is 12.6. The molecule has 1 aromatic heterocycles. The van der Waals surface area contributed by atoms with Gasteiger partial charge in [0.2, 0.25) is 0 Å². The van der Waals surface area contributed by atoms with E-state index in [0.29, 0.717) is 55.2 Å². The molecule has 0 saturated carbocycles. The van der Waals surface area contributed by atoms with Crippen LogP contribution in [0.5, 0.6) is 0 Å². The summed E-state index contributed by atoms with van der Waals surface area (Å²) < 4.78 is 11.4. The van der Waals surface area contributed by atoms with Crippen molar-refractivity contribution < 1.29 is 14.3 Å². The second kappa shape index (κ2) is 9.57. The molecule has 4 rings (SSSR count). The van der Waals surface area contributed by atoms with Gasteiger partial charge in [0.05, 0.1) is 29.9 Å². The van der Waals surface area contributed by atoms with Crippen LogP contribution in [0.25, 0.3) is 0 Å². The largest absolute Gasteiger partial charge is 0.378 e. The van der Waals surface area contributed by atoms with Crippen LogP contribution in [0.2, 0.25) is 5.02 Å². The van der Waals surface area contributed by atoms with Gasteiger partial charge in [0, 0.05) is 38.4 Å². The van der Waals surface area contributed by atoms with E-state index in [-0.39, 0.29) is 12.0 Å². The zero-order valence-electron chi connectivity index (χ0n) is 16.4. The number of carbonyl (C=O) groups is 1. The summed E-state index contributed by atoms with van der Waals surface area (Å²) in [4.78, 5) is 18.8. The van der Waals surface area contributed by atoms with Gasteiger partial charge in [0.25, 0.3) is 5.91 Å². The molecule has 2 atom stereocenters. The number of rotatable bonds is 5. The zero-order chi connectivity index (χ0) is 20.1. The van der Waals surface area contributed by atoms with Crippen LogP contribution < -0.4 is 5.32 Å². The van der Waals surface area contributed by atoms with Gasteiger partial charge in [-0.3, -0.25) is 4.79 Å². The number of nitrogens with one attached hydrogen (secondary N) is 1.